The first-order valence-electron chi connectivity index (χ1n) is 6.77. The molecule has 0 bridgehead atoms. The van der Waals surface area contributed by atoms with E-state index in [-0.39, 0.29) is 4.90 Å². The van der Waals surface area contributed by atoms with E-state index in [0.29, 0.717) is 17.5 Å². The second-order valence-electron chi connectivity index (χ2n) is 4.93. The molecule has 6 nitrogen and oxygen atoms in total. The molecule has 8 heteroatoms. The minimum Gasteiger partial charge on any atom is -0.481 e. The molecule has 0 N–H and O–H groups in total. The van der Waals surface area contributed by atoms with Gasteiger partial charge < -0.3 is 9.15 Å². The molecular weight excluding hydrogens is 336 g/mol. The van der Waals surface area contributed by atoms with Crippen LogP contribution in [0.4, 0.5) is 0 Å². The summed E-state index contributed by atoms with van der Waals surface area (Å²) >= 11 is 1.51. The Morgan fingerprint density at radius 1 is 1.17 bits per heavy atom. The molecule has 0 aliphatic rings. The van der Waals surface area contributed by atoms with Crippen molar-refractivity contribution >= 4 is 21.2 Å². The van der Waals surface area contributed by atoms with Crippen LogP contribution in [0, 0.1) is 0 Å². The van der Waals surface area contributed by atoms with E-state index in [1.807, 2.05) is 17.5 Å². The highest BCUT2D eigenvalue weighted by Crippen LogP contribution is 2.27. The first-order valence-corrected chi connectivity index (χ1v) is 9.54. The molecule has 3 aromatic rings. The van der Waals surface area contributed by atoms with Crippen molar-refractivity contribution in [2.45, 2.75) is 17.9 Å². The average Bonchev–Trinajstić information content (AvgIpc) is 3.18. The number of ether oxygens (including phenoxy) is 1. The van der Waals surface area contributed by atoms with E-state index in [2.05, 4.69) is 10.2 Å². The van der Waals surface area contributed by atoms with Gasteiger partial charge in [0.05, 0.1) is 9.77 Å². The SMILES string of the molecule is CC(Oc1ccc(S(C)(=O)=O)cc1)c1nnc(-c2cccs2)o1. The molecule has 120 valence electrons. The molecule has 1 atom stereocenters. The van der Waals surface area contributed by atoms with Gasteiger partial charge in [0, 0.05) is 6.26 Å². The van der Waals surface area contributed by atoms with Crippen molar-refractivity contribution in [3.63, 3.8) is 0 Å². The molecule has 3 rings (SSSR count). The van der Waals surface area contributed by atoms with Gasteiger partial charge in [0.25, 0.3) is 11.8 Å². The van der Waals surface area contributed by atoms with Gasteiger partial charge in [-0.25, -0.2) is 8.42 Å². The van der Waals surface area contributed by atoms with Crippen molar-refractivity contribution < 1.29 is 17.6 Å². The van der Waals surface area contributed by atoms with Crippen LogP contribution in [-0.4, -0.2) is 24.9 Å². The van der Waals surface area contributed by atoms with Crippen LogP contribution in [0.5, 0.6) is 5.75 Å². The summed E-state index contributed by atoms with van der Waals surface area (Å²) < 4.78 is 34.2. The lowest BCUT2D eigenvalue weighted by Gasteiger charge is -2.11. The van der Waals surface area contributed by atoms with E-state index >= 15 is 0 Å². The van der Waals surface area contributed by atoms with Gasteiger partial charge in [-0.15, -0.1) is 21.5 Å². The van der Waals surface area contributed by atoms with Crippen molar-refractivity contribution in [2.75, 3.05) is 6.26 Å². The van der Waals surface area contributed by atoms with Crippen LogP contribution in [0.3, 0.4) is 0 Å². The zero-order valence-corrected chi connectivity index (χ0v) is 14.1. The molecule has 1 aromatic carbocycles. The highest BCUT2D eigenvalue weighted by Gasteiger charge is 2.17. The smallest absolute Gasteiger partial charge is 0.257 e. The van der Waals surface area contributed by atoms with Crippen LogP contribution in [0.15, 0.2) is 51.1 Å². The van der Waals surface area contributed by atoms with Crippen LogP contribution in [0.2, 0.25) is 0 Å². The second-order valence-corrected chi connectivity index (χ2v) is 7.89. The summed E-state index contributed by atoms with van der Waals surface area (Å²) in [4.78, 5) is 1.14. The fourth-order valence-corrected chi connectivity index (χ4v) is 3.19. The van der Waals surface area contributed by atoms with E-state index in [0.717, 1.165) is 11.1 Å². The highest BCUT2D eigenvalue weighted by molar-refractivity contribution is 7.90. The van der Waals surface area contributed by atoms with E-state index < -0.39 is 15.9 Å². The molecule has 0 saturated heterocycles. The molecule has 0 radical (unpaired) electrons. The molecule has 0 saturated carbocycles. The lowest BCUT2D eigenvalue weighted by molar-refractivity contribution is 0.189. The zero-order chi connectivity index (χ0) is 16.4. The lowest BCUT2D eigenvalue weighted by atomic mass is 10.3. The third-order valence-electron chi connectivity index (χ3n) is 3.09. The highest BCUT2D eigenvalue weighted by atomic mass is 32.2. The first kappa shape index (κ1) is 15.7. The van der Waals surface area contributed by atoms with E-state index in [1.165, 1.54) is 23.5 Å². The zero-order valence-electron chi connectivity index (χ0n) is 12.5. The van der Waals surface area contributed by atoms with Gasteiger partial charge in [-0.2, -0.15) is 0 Å². The van der Waals surface area contributed by atoms with Gasteiger partial charge in [0.1, 0.15) is 5.75 Å². The largest absolute Gasteiger partial charge is 0.481 e. The average molecular weight is 350 g/mol. The van der Waals surface area contributed by atoms with Crippen molar-refractivity contribution in [1.29, 1.82) is 0 Å². The fourth-order valence-electron chi connectivity index (χ4n) is 1.92. The summed E-state index contributed by atoms with van der Waals surface area (Å²) in [6.45, 7) is 1.79. The maximum absolute atomic E-state index is 11.4. The van der Waals surface area contributed by atoms with E-state index in [4.69, 9.17) is 9.15 Å². The number of aromatic nitrogens is 2. The number of hydrogen-bond donors (Lipinski definition) is 0. The summed E-state index contributed by atoms with van der Waals surface area (Å²) in [5.41, 5.74) is 0. The van der Waals surface area contributed by atoms with Crippen LogP contribution < -0.4 is 4.74 Å². The Kier molecular flexibility index (Phi) is 4.18. The summed E-state index contributed by atoms with van der Waals surface area (Å²) in [5.74, 6) is 1.35. The number of sulfone groups is 1. The number of benzene rings is 1. The lowest BCUT2D eigenvalue weighted by Crippen LogP contribution is -2.04. The molecular formula is C15H14N2O4S2. The molecule has 0 aliphatic carbocycles. The van der Waals surface area contributed by atoms with Gasteiger partial charge in [-0.05, 0) is 42.6 Å². The Labute approximate surface area is 137 Å². The Morgan fingerprint density at radius 2 is 1.91 bits per heavy atom. The van der Waals surface area contributed by atoms with Gasteiger partial charge in [0.2, 0.25) is 0 Å². The molecule has 0 amide bonds. The molecule has 0 spiro atoms. The van der Waals surface area contributed by atoms with Crippen LogP contribution in [0.1, 0.15) is 18.9 Å². The fraction of sp³-hybridized carbons (Fsp3) is 0.200. The Hall–Kier alpha value is -2.19. The van der Waals surface area contributed by atoms with Gasteiger partial charge in [-0.3, -0.25) is 0 Å². The second kappa shape index (κ2) is 6.13. The molecule has 2 heterocycles. The third kappa shape index (κ3) is 3.59. The molecule has 1 unspecified atom stereocenters. The number of rotatable bonds is 5. The Morgan fingerprint density at radius 3 is 2.52 bits per heavy atom. The van der Waals surface area contributed by atoms with Gasteiger partial charge >= 0.3 is 0 Å². The minimum absolute atomic E-state index is 0.246. The summed E-state index contributed by atoms with van der Waals surface area (Å²) in [5, 5.41) is 9.93. The van der Waals surface area contributed by atoms with Gasteiger partial charge in [-0.1, -0.05) is 6.07 Å². The van der Waals surface area contributed by atoms with Crippen LogP contribution in [0.25, 0.3) is 10.8 Å². The number of nitrogens with zero attached hydrogens (tertiary/aromatic N) is 2. The maximum atomic E-state index is 11.4. The quantitative estimate of drug-likeness (QED) is 0.702. The van der Waals surface area contributed by atoms with Crippen LogP contribution in [-0.2, 0) is 9.84 Å². The molecule has 2 aromatic heterocycles. The predicted molar refractivity (Wildman–Crippen MR) is 86.2 cm³/mol. The molecule has 23 heavy (non-hydrogen) atoms. The summed E-state index contributed by atoms with van der Waals surface area (Å²) in [6.07, 6.45) is 0.719. The minimum atomic E-state index is -3.22. The maximum Gasteiger partial charge on any atom is 0.257 e. The predicted octanol–water partition coefficient (Wildman–Crippen LogP) is 3.34. The Bertz CT molecular complexity index is 884. The topological polar surface area (TPSA) is 82.3 Å². The monoisotopic (exact) mass is 350 g/mol. The summed E-state index contributed by atoms with van der Waals surface area (Å²) in [6, 6.07) is 10.0. The van der Waals surface area contributed by atoms with Crippen molar-refractivity contribution in [1.82, 2.24) is 10.2 Å². The molecule has 0 fully saturated rings. The summed E-state index contributed by atoms with van der Waals surface area (Å²) in [7, 11) is -3.22. The molecule has 0 aliphatic heterocycles. The number of hydrogen-bond acceptors (Lipinski definition) is 7. The van der Waals surface area contributed by atoms with E-state index in [1.54, 1.807) is 19.1 Å². The first-order chi connectivity index (χ1) is 10.9. The van der Waals surface area contributed by atoms with Crippen molar-refractivity contribution in [3.05, 3.63) is 47.7 Å². The van der Waals surface area contributed by atoms with Crippen molar-refractivity contribution in [3.8, 4) is 16.5 Å². The van der Waals surface area contributed by atoms with Gasteiger partial charge in [0.15, 0.2) is 15.9 Å². The van der Waals surface area contributed by atoms with Crippen molar-refractivity contribution in [2.24, 2.45) is 0 Å². The number of thiophene rings is 1. The standard InChI is InChI=1S/C15H14N2O4S2/c1-10(14-16-17-15(21-14)13-4-3-9-22-13)20-11-5-7-12(8-6-11)23(2,18)19/h3-10H,1-2H3. The Balaban J connectivity index is 1.73. The van der Waals surface area contributed by atoms with E-state index in [9.17, 15) is 8.42 Å². The normalized spacial score (nSPS) is 13.0. The van der Waals surface area contributed by atoms with Crippen LogP contribution >= 0.6 is 11.3 Å². The third-order valence-corrected chi connectivity index (χ3v) is 5.07.